The first-order chi connectivity index (χ1) is 8.99. The van der Waals surface area contributed by atoms with Crippen molar-refractivity contribution in [1.29, 1.82) is 0 Å². The molecule has 1 aromatic heterocycles. The van der Waals surface area contributed by atoms with Gasteiger partial charge in [0.2, 0.25) is 10.0 Å². The number of hydrogen-bond acceptors (Lipinski definition) is 5. The van der Waals surface area contributed by atoms with E-state index in [0.717, 1.165) is 5.01 Å². The minimum Gasteiger partial charge on any atom is -0.399 e. The number of nitrogens with one attached hydrogen (secondary N) is 1. The maximum atomic E-state index is 12.2. The molecule has 0 saturated carbocycles. The Bertz CT molecular complexity index is 652. The third-order valence-electron chi connectivity index (χ3n) is 2.62. The second-order valence-corrected chi connectivity index (χ2v) is 6.81. The molecule has 2 rings (SSSR count). The quantitative estimate of drug-likeness (QED) is 0.820. The van der Waals surface area contributed by atoms with Crippen molar-refractivity contribution in [3.63, 3.8) is 0 Å². The fourth-order valence-electron chi connectivity index (χ4n) is 1.65. The number of nitrogens with zero attached hydrogens (tertiary/aromatic N) is 1. The summed E-state index contributed by atoms with van der Waals surface area (Å²) in [7, 11) is -3.52. The second-order valence-electron chi connectivity index (χ2n) is 4.10. The van der Waals surface area contributed by atoms with E-state index >= 15 is 0 Å². The van der Waals surface area contributed by atoms with Crippen molar-refractivity contribution >= 4 is 27.0 Å². The fourth-order valence-corrected chi connectivity index (χ4v) is 3.58. The zero-order valence-corrected chi connectivity index (χ0v) is 12.1. The van der Waals surface area contributed by atoms with Crippen LogP contribution in [-0.2, 0) is 16.4 Å². The Balaban J connectivity index is 2.07. The van der Waals surface area contributed by atoms with Gasteiger partial charge in [-0.1, -0.05) is 6.07 Å². The summed E-state index contributed by atoms with van der Waals surface area (Å²) in [6.07, 6.45) is 2.29. The monoisotopic (exact) mass is 297 g/mol. The second kappa shape index (κ2) is 5.68. The lowest BCUT2D eigenvalue weighted by Crippen LogP contribution is -2.26. The van der Waals surface area contributed by atoms with Gasteiger partial charge in [-0.25, -0.2) is 18.1 Å². The average Bonchev–Trinajstić information content (AvgIpc) is 2.85. The normalized spacial score (nSPS) is 11.6. The summed E-state index contributed by atoms with van der Waals surface area (Å²) in [6, 6.07) is 4.86. The average molecular weight is 297 g/mol. The summed E-state index contributed by atoms with van der Waals surface area (Å²) >= 11 is 1.51. The van der Waals surface area contributed by atoms with Gasteiger partial charge in [0.05, 0.1) is 9.90 Å². The van der Waals surface area contributed by atoms with Gasteiger partial charge in [-0.05, 0) is 24.6 Å². The molecule has 19 heavy (non-hydrogen) atoms. The van der Waals surface area contributed by atoms with E-state index in [2.05, 4.69) is 9.71 Å². The molecule has 3 N–H and O–H groups in total. The van der Waals surface area contributed by atoms with E-state index < -0.39 is 10.0 Å². The Morgan fingerprint density at radius 1 is 1.42 bits per heavy atom. The number of nitrogens with two attached hydrogens (primary N) is 1. The van der Waals surface area contributed by atoms with E-state index in [-0.39, 0.29) is 4.90 Å². The molecule has 0 unspecified atom stereocenters. The molecular formula is C12H15N3O2S2. The van der Waals surface area contributed by atoms with Crippen LogP contribution in [-0.4, -0.2) is 19.9 Å². The van der Waals surface area contributed by atoms with E-state index in [9.17, 15) is 8.42 Å². The predicted molar refractivity (Wildman–Crippen MR) is 76.6 cm³/mol. The van der Waals surface area contributed by atoms with Crippen molar-refractivity contribution in [3.05, 3.63) is 40.3 Å². The van der Waals surface area contributed by atoms with Gasteiger partial charge in [-0.3, -0.25) is 0 Å². The summed E-state index contributed by atoms with van der Waals surface area (Å²) in [4.78, 5) is 4.33. The Hall–Kier alpha value is -1.44. The molecule has 1 heterocycles. The lowest BCUT2D eigenvalue weighted by molar-refractivity contribution is 0.581. The van der Waals surface area contributed by atoms with Gasteiger partial charge in [0.15, 0.2) is 0 Å². The van der Waals surface area contributed by atoms with Crippen LogP contribution in [0.2, 0.25) is 0 Å². The molecule has 1 aromatic carbocycles. The number of thiazole rings is 1. The molecule has 0 aliphatic carbocycles. The van der Waals surface area contributed by atoms with Crippen LogP contribution < -0.4 is 10.5 Å². The van der Waals surface area contributed by atoms with Crippen LogP contribution in [0.1, 0.15) is 10.6 Å². The van der Waals surface area contributed by atoms with Crippen LogP contribution in [0.15, 0.2) is 34.7 Å². The van der Waals surface area contributed by atoms with Crippen LogP contribution >= 0.6 is 11.3 Å². The van der Waals surface area contributed by atoms with E-state index in [0.29, 0.717) is 24.2 Å². The van der Waals surface area contributed by atoms with E-state index in [1.165, 1.54) is 17.4 Å². The van der Waals surface area contributed by atoms with Gasteiger partial charge in [-0.2, -0.15) is 0 Å². The van der Waals surface area contributed by atoms with Crippen molar-refractivity contribution < 1.29 is 8.42 Å². The highest BCUT2D eigenvalue weighted by atomic mass is 32.2. The fraction of sp³-hybridized carbons (Fsp3) is 0.250. The molecule has 7 heteroatoms. The van der Waals surface area contributed by atoms with Crippen LogP contribution in [0.5, 0.6) is 0 Å². The summed E-state index contributed by atoms with van der Waals surface area (Å²) in [5.41, 5.74) is 6.74. The molecule has 0 spiro atoms. The lowest BCUT2D eigenvalue weighted by Gasteiger charge is -2.09. The van der Waals surface area contributed by atoms with Gasteiger partial charge < -0.3 is 5.73 Å². The topological polar surface area (TPSA) is 85.1 Å². The first kappa shape index (κ1) is 14.0. The van der Waals surface area contributed by atoms with Crippen LogP contribution in [0, 0.1) is 6.92 Å². The molecule has 0 aliphatic rings. The van der Waals surface area contributed by atoms with Crippen molar-refractivity contribution in [2.24, 2.45) is 0 Å². The molecule has 0 amide bonds. The molecule has 5 nitrogen and oxygen atoms in total. The molecule has 0 aliphatic heterocycles. The van der Waals surface area contributed by atoms with E-state index in [1.54, 1.807) is 25.3 Å². The molecule has 0 bridgehead atoms. The predicted octanol–water partition coefficient (Wildman–Crippen LogP) is 1.55. The number of aryl methyl sites for hydroxylation is 1. The standard InChI is InChI=1S/C12H15N3O2S2/c1-9-2-3-10(13)8-11(9)19(16,17)15-5-4-12-14-6-7-18-12/h2-3,6-8,15H,4-5,13H2,1H3. The van der Waals surface area contributed by atoms with Crippen molar-refractivity contribution in [3.8, 4) is 0 Å². The minimum absolute atomic E-state index is 0.228. The summed E-state index contributed by atoms with van der Waals surface area (Å²) < 4.78 is 26.9. The van der Waals surface area contributed by atoms with Crippen molar-refractivity contribution in [2.45, 2.75) is 18.2 Å². The Kier molecular flexibility index (Phi) is 4.18. The Morgan fingerprint density at radius 2 is 2.21 bits per heavy atom. The molecule has 0 fully saturated rings. The SMILES string of the molecule is Cc1ccc(N)cc1S(=O)(=O)NCCc1nccs1. The highest BCUT2D eigenvalue weighted by Crippen LogP contribution is 2.18. The number of rotatable bonds is 5. The number of sulfonamides is 1. The van der Waals surface area contributed by atoms with Crippen molar-refractivity contribution in [2.75, 3.05) is 12.3 Å². The minimum atomic E-state index is -3.52. The number of nitrogen functional groups attached to an aromatic ring is 1. The maximum Gasteiger partial charge on any atom is 0.240 e. The van der Waals surface area contributed by atoms with Crippen LogP contribution in [0.25, 0.3) is 0 Å². The Morgan fingerprint density at radius 3 is 2.89 bits per heavy atom. The van der Waals surface area contributed by atoms with Gasteiger partial charge in [0.25, 0.3) is 0 Å². The summed E-state index contributed by atoms with van der Waals surface area (Å²) in [5, 5.41) is 2.78. The van der Waals surface area contributed by atoms with E-state index in [1.807, 2.05) is 5.38 Å². The summed E-state index contributed by atoms with van der Waals surface area (Å²) in [6.45, 7) is 2.07. The highest BCUT2D eigenvalue weighted by molar-refractivity contribution is 7.89. The Labute approximate surface area is 116 Å². The van der Waals surface area contributed by atoms with Gasteiger partial charge >= 0.3 is 0 Å². The molecule has 0 saturated heterocycles. The van der Waals surface area contributed by atoms with Gasteiger partial charge in [-0.15, -0.1) is 11.3 Å². The molecule has 102 valence electrons. The third-order valence-corrected chi connectivity index (χ3v) is 5.06. The highest BCUT2D eigenvalue weighted by Gasteiger charge is 2.16. The zero-order valence-electron chi connectivity index (χ0n) is 10.5. The van der Waals surface area contributed by atoms with Crippen LogP contribution in [0.3, 0.4) is 0 Å². The number of anilines is 1. The number of aromatic nitrogens is 1. The first-order valence-corrected chi connectivity index (χ1v) is 8.09. The molecule has 0 atom stereocenters. The summed E-state index contributed by atoms with van der Waals surface area (Å²) in [5.74, 6) is 0. The van der Waals surface area contributed by atoms with Gasteiger partial charge in [0.1, 0.15) is 0 Å². The largest absolute Gasteiger partial charge is 0.399 e. The lowest BCUT2D eigenvalue weighted by atomic mass is 10.2. The first-order valence-electron chi connectivity index (χ1n) is 5.73. The number of benzene rings is 1. The molecular weight excluding hydrogens is 282 g/mol. The van der Waals surface area contributed by atoms with E-state index in [4.69, 9.17) is 5.73 Å². The van der Waals surface area contributed by atoms with Gasteiger partial charge in [0, 0.05) is 30.2 Å². The molecule has 2 aromatic rings. The zero-order chi connectivity index (χ0) is 13.9. The maximum absolute atomic E-state index is 12.2. The third kappa shape index (κ3) is 3.52. The smallest absolute Gasteiger partial charge is 0.240 e. The van der Waals surface area contributed by atoms with Crippen LogP contribution in [0.4, 0.5) is 5.69 Å². The number of hydrogen-bond donors (Lipinski definition) is 2. The van der Waals surface area contributed by atoms with Crippen molar-refractivity contribution in [1.82, 2.24) is 9.71 Å². The molecule has 0 radical (unpaired) electrons.